The quantitative estimate of drug-likeness (QED) is 0.818. The fourth-order valence-electron chi connectivity index (χ4n) is 2.86. The van der Waals surface area contributed by atoms with Gasteiger partial charge in [-0.1, -0.05) is 35.5 Å². The molecular formula is C20H18N4O3. The van der Waals surface area contributed by atoms with Crippen molar-refractivity contribution in [3.05, 3.63) is 71.3 Å². The summed E-state index contributed by atoms with van der Waals surface area (Å²) >= 11 is 0. The minimum absolute atomic E-state index is 0.168. The number of likely N-dealkylation sites (tertiary alicyclic amines) is 1. The van der Waals surface area contributed by atoms with E-state index >= 15 is 0 Å². The largest absolute Gasteiger partial charge is 0.391 e. The first kappa shape index (κ1) is 18.1. The van der Waals surface area contributed by atoms with Crippen LogP contribution in [-0.2, 0) is 16.2 Å². The normalized spacial score (nSPS) is 17.5. The van der Waals surface area contributed by atoms with Crippen molar-refractivity contribution >= 4 is 17.5 Å². The number of carbonyl (C=O) groups excluding carboxylic acids is 2. The van der Waals surface area contributed by atoms with Crippen molar-refractivity contribution in [2.75, 3.05) is 6.54 Å². The molecule has 1 atom stereocenters. The van der Waals surface area contributed by atoms with E-state index in [1.54, 1.807) is 24.3 Å². The second-order valence-electron chi connectivity index (χ2n) is 6.16. The van der Waals surface area contributed by atoms with Crippen LogP contribution in [0.3, 0.4) is 0 Å². The van der Waals surface area contributed by atoms with Crippen LogP contribution in [0, 0.1) is 11.3 Å². The number of benzene rings is 2. The molecule has 1 unspecified atom stereocenters. The molecule has 0 radical (unpaired) electrons. The van der Waals surface area contributed by atoms with E-state index in [4.69, 9.17) is 15.8 Å². The molecule has 1 saturated heterocycles. The third-order valence-electron chi connectivity index (χ3n) is 4.28. The number of oxime groups is 1. The van der Waals surface area contributed by atoms with Gasteiger partial charge in [-0.3, -0.25) is 9.59 Å². The minimum atomic E-state index is -0.771. The monoisotopic (exact) mass is 362 g/mol. The zero-order valence-electron chi connectivity index (χ0n) is 14.5. The van der Waals surface area contributed by atoms with Gasteiger partial charge in [0, 0.05) is 12.0 Å². The van der Waals surface area contributed by atoms with Gasteiger partial charge in [-0.2, -0.15) is 5.26 Å². The van der Waals surface area contributed by atoms with Crippen molar-refractivity contribution in [1.29, 1.82) is 5.26 Å². The van der Waals surface area contributed by atoms with Crippen molar-refractivity contribution in [1.82, 2.24) is 4.90 Å². The summed E-state index contributed by atoms with van der Waals surface area (Å²) in [5.41, 5.74) is 7.85. The Bertz CT molecular complexity index is 901. The number of hydrogen-bond acceptors (Lipinski definition) is 5. The van der Waals surface area contributed by atoms with Crippen LogP contribution < -0.4 is 5.73 Å². The Morgan fingerprint density at radius 3 is 2.52 bits per heavy atom. The lowest BCUT2D eigenvalue weighted by atomic mass is 10.1. The van der Waals surface area contributed by atoms with E-state index in [0.29, 0.717) is 23.4 Å². The van der Waals surface area contributed by atoms with Gasteiger partial charge in [-0.15, -0.1) is 0 Å². The van der Waals surface area contributed by atoms with Crippen LogP contribution in [0.25, 0.3) is 0 Å². The molecule has 7 nitrogen and oxygen atoms in total. The first-order chi connectivity index (χ1) is 13.1. The average Bonchev–Trinajstić information content (AvgIpc) is 3.13. The summed E-state index contributed by atoms with van der Waals surface area (Å²) < 4.78 is 0. The second-order valence-corrected chi connectivity index (χ2v) is 6.16. The van der Waals surface area contributed by atoms with Gasteiger partial charge in [0.25, 0.3) is 5.91 Å². The molecule has 2 aromatic rings. The van der Waals surface area contributed by atoms with E-state index in [9.17, 15) is 9.59 Å². The predicted molar refractivity (Wildman–Crippen MR) is 98.5 cm³/mol. The highest BCUT2D eigenvalue weighted by molar-refractivity contribution is 6.05. The molecule has 1 fully saturated rings. The number of nitrogens with zero attached hydrogens (tertiary/aromatic N) is 3. The minimum Gasteiger partial charge on any atom is -0.391 e. The zero-order chi connectivity index (χ0) is 19.2. The highest BCUT2D eigenvalue weighted by atomic mass is 16.6. The number of nitrogens with two attached hydrogens (primary N) is 1. The Balaban J connectivity index is 1.70. The summed E-state index contributed by atoms with van der Waals surface area (Å²) in [6.45, 7) is 0.469. The van der Waals surface area contributed by atoms with Crippen LogP contribution >= 0.6 is 0 Å². The van der Waals surface area contributed by atoms with E-state index in [2.05, 4.69) is 5.16 Å². The van der Waals surface area contributed by atoms with Gasteiger partial charge in [-0.25, -0.2) is 0 Å². The van der Waals surface area contributed by atoms with Crippen molar-refractivity contribution in [3.63, 3.8) is 0 Å². The molecule has 0 spiro atoms. The number of carbonyl (C=O) groups is 2. The molecule has 27 heavy (non-hydrogen) atoms. The number of nitriles is 1. The van der Waals surface area contributed by atoms with E-state index in [-0.39, 0.29) is 18.9 Å². The van der Waals surface area contributed by atoms with E-state index in [0.717, 1.165) is 5.56 Å². The van der Waals surface area contributed by atoms with Gasteiger partial charge in [-0.05, 0) is 29.8 Å². The van der Waals surface area contributed by atoms with Crippen LogP contribution in [0.15, 0.2) is 59.8 Å². The highest BCUT2D eigenvalue weighted by Gasteiger charge is 2.37. The first-order valence-electron chi connectivity index (χ1n) is 8.40. The third kappa shape index (κ3) is 4.30. The van der Waals surface area contributed by atoms with Crippen molar-refractivity contribution in [3.8, 4) is 6.07 Å². The molecule has 2 amide bonds. The molecular weight excluding hydrogens is 344 g/mol. The van der Waals surface area contributed by atoms with E-state index in [1.165, 1.54) is 4.90 Å². The lowest BCUT2D eigenvalue weighted by molar-refractivity contribution is -0.121. The summed E-state index contributed by atoms with van der Waals surface area (Å²) in [6.07, 6.45) is 0.242. The molecule has 1 heterocycles. The summed E-state index contributed by atoms with van der Waals surface area (Å²) in [5.74, 6) is -0.929. The molecule has 0 saturated carbocycles. The van der Waals surface area contributed by atoms with Crippen LogP contribution in [0.5, 0.6) is 0 Å². The van der Waals surface area contributed by atoms with Gasteiger partial charge < -0.3 is 15.5 Å². The van der Waals surface area contributed by atoms with Gasteiger partial charge in [0.05, 0.1) is 23.9 Å². The molecule has 136 valence electrons. The molecule has 1 aliphatic rings. The molecule has 2 N–H and O–H groups in total. The third-order valence-corrected chi connectivity index (χ3v) is 4.28. The lowest BCUT2D eigenvalue weighted by Crippen LogP contribution is -2.43. The average molecular weight is 362 g/mol. The van der Waals surface area contributed by atoms with E-state index < -0.39 is 11.9 Å². The SMILES string of the molecule is N#Cc1ccc(C(=O)N2CC(=NOCc3ccccc3)CC2C(N)=O)cc1. The van der Waals surface area contributed by atoms with Crippen molar-refractivity contribution < 1.29 is 14.4 Å². The van der Waals surface area contributed by atoms with Gasteiger partial charge in [0.1, 0.15) is 12.6 Å². The Morgan fingerprint density at radius 2 is 1.89 bits per heavy atom. The Kier molecular flexibility index (Phi) is 5.47. The van der Waals surface area contributed by atoms with Gasteiger partial charge >= 0.3 is 0 Å². The van der Waals surface area contributed by atoms with Crippen molar-refractivity contribution in [2.45, 2.75) is 19.1 Å². The maximum atomic E-state index is 12.7. The summed E-state index contributed by atoms with van der Waals surface area (Å²) in [5, 5.41) is 12.9. The molecule has 7 heteroatoms. The fraction of sp³-hybridized carbons (Fsp3) is 0.200. The lowest BCUT2D eigenvalue weighted by Gasteiger charge is -2.21. The Labute approximate surface area is 156 Å². The summed E-state index contributed by atoms with van der Waals surface area (Å²) in [7, 11) is 0. The summed E-state index contributed by atoms with van der Waals surface area (Å²) in [4.78, 5) is 31.3. The molecule has 3 rings (SSSR count). The Morgan fingerprint density at radius 1 is 1.19 bits per heavy atom. The molecule has 1 aliphatic heterocycles. The number of hydrogen-bond donors (Lipinski definition) is 1. The zero-order valence-corrected chi connectivity index (χ0v) is 14.5. The van der Waals surface area contributed by atoms with E-state index in [1.807, 2.05) is 36.4 Å². The van der Waals surface area contributed by atoms with Gasteiger partial charge in [0.2, 0.25) is 5.91 Å². The van der Waals surface area contributed by atoms with Crippen LogP contribution in [0.2, 0.25) is 0 Å². The summed E-state index contributed by atoms with van der Waals surface area (Å²) in [6, 6.07) is 17.0. The van der Waals surface area contributed by atoms with Crippen molar-refractivity contribution in [2.24, 2.45) is 10.9 Å². The topological polar surface area (TPSA) is 109 Å². The van der Waals surface area contributed by atoms with Crippen LogP contribution in [0.1, 0.15) is 27.9 Å². The molecule has 0 aromatic heterocycles. The molecule has 0 aliphatic carbocycles. The standard InChI is InChI=1S/C20H18N4O3/c21-11-14-6-8-16(9-7-14)20(26)24-12-17(10-18(24)19(22)25)23-27-13-15-4-2-1-3-5-15/h1-9,18H,10,12-13H2,(H2,22,25). The number of rotatable bonds is 5. The van der Waals surface area contributed by atoms with Crippen LogP contribution in [-0.4, -0.2) is 35.0 Å². The smallest absolute Gasteiger partial charge is 0.254 e. The predicted octanol–water partition coefficient (Wildman–Crippen LogP) is 1.83. The molecule has 0 bridgehead atoms. The number of primary amides is 1. The number of amides is 2. The fourth-order valence-corrected chi connectivity index (χ4v) is 2.86. The van der Waals surface area contributed by atoms with Gasteiger partial charge in [0.15, 0.2) is 0 Å². The van der Waals surface area contributed by atoms with Crippen LogP contribution in [0.4, 0.5) is 0 Å². The highest BCUT2D eigenvalue weighted by Crippen LogP contribution is 2.19. The maximum Gasteiger partial charge on any atom is 0.254 e. The Hall–Kier alpha value is -3.66. The maximum absolute atomic E-state index is 12.7. The molecule has 2 aromatic carbocycles. The second kappa shape index (κ2) is 8.15. The first-order valence-corrected chi connectivity index (χ1v) is 8.40.